The molecule has 5 nitrogen and oxygen atoms in total. The molecule has 4 rings (SSSR count). The SMILES string of the molecule is NC1C2CCOC2C1NC(=O)c1cc2ccccc2o1. The average Bonchev–Trinajstić information content (AvgIpc) is 3.08. The Balaban J connectivity index is 1.53. The van der Waals surface area contributed by atoms with E-state index in [1.807, 2.05) is 24.3 Å². The van der Waals surface area contributed by atoms with Crippen molar-refractivity contribution in [3.63, 3.8) is 0 Å². The van der Waals surface area contributed by atoms with Crippen molar-refractivity contribution >= 4 is 16.9 Å². The second-order valence-electron chi connectivity index (χ2n) is 5.51. The van der Waals surface area contributed by atoms with Crippen molar-refractivity contribution < 1.29 is 13.9 Å². The molecule has 0 bridgehead atoms. The summed E-state index contributed by atoms with van der Waals surface area (Å²) in [5.41, 5.74) is 6.80. The first kappa shape index (κ1) is 11.9. The molecule has 1 saturated carbocycles. The van der Waals surface area contributed by atoms with Crippen LogP contribution in [0.3, 0.4) is 0 Å². The lowest BCUT2D eigenvalue weighted by Crippen LogP contribution is -2.68. The molecule has 20 heavy (non-hydrogen) atoms. The van der Waals surface area contributed by atoms with E-state index in [0.717, 1.165) is 18.4 Å². The Bertz CT molecular complexity index is 633. The molecule has 1 saturated heterocycles. The molecule has 3 N–H and O–H groups in total. The van der Waals surface area contributed by atoms with Crippen LogP contribution in [0, 0.1) is 5.92 Å². The van der Waals surface area contributed by atoms with Gasteiger partial charge < -0.3 is 20.2 Å². The summed E-state index contributed by atoms with van der Waals surface area (Å²) in [6, 6.07) is 9.18. The fourth-order valence-electron chi connectivity index (χ4n) is 3.24. The minimum atomic E-state index is -0.226. The van der Waals surface area contributed by atoms with Crippen LogP contribution in [-0.2, 0) is 4.74 Å². The van der Waals surface area contributed by atoms with Gasteiger partial charge >= 0.3 is 0 Å². The Morgan fingerprint density at radius 2 is 2.20 bits per heavy atom. The smallest absolute Gasteiger partial charge is 0.287 e. The highest BCUT2D eigenvalue weighted by molar-refractivity contribution is 5.96. The molecule has 4 atom stereocenters. The van der Waals surface area contributed by atoms with Crippen LogP contribution in [0.25, 0.3) is 11.0 Å². The van der Waals surface area contributed by atoms with Gasteiger partial charge in [-0.2, -0.15) is 0 Å². The molecule has 104 valence electrons. The number of nitrogens with one attached hydrogen (secondary N) is 1. The van der Waals surface area contributed by atoms with Gasteiger partial charge in [-0.3, -0.25) is 4.79 Å². The van der Waals surface area contributed by atoms with E-state index in [9.17, 15) is 4.79 Å². The van der Waals surface area contributed by atoms with Crippen LogP contribution in [0.4, 0.5) is 0 Å². The first-order valence-corrected chi connectivity index (χ1v) is 6.91. The van der Waals surface area contributed by atoms with Gasteiger partial charge in [0.1, 0.15) is 5.58 Å². The number of furan rings is 1. The fraction of sp³-hybridized carbons (Fsp3) is 0.400. The predicted molar refractivity (Wildman–Crippen MR) is 73.3 cm³/mol. The fourth-order valence-corrected chi connectivity index (χ4v) is 3.24. The number of rotatable bonds is 2. The Kier molecular flexibility index (Phi) is 2.58. The summed E-state index contributed by atoms with van der Waals surface area (Å²) >= 11 is 0. The van der Waals surface area contributed by atoms with E-state index in [1.54, 1.807) is 6.07 Å². The summed E-state index contributed by atoms with van der Waals surface area (Å²) < 4.78 is 11.2. The van der Waals surface area contributed by atoms with Crippen molar-refractivity contribution in [1.29, 1.82) is 0 Å². The van der Waals surface area contributed by atoms with Crippen LogP contribution in [0.2, 0.25) is 0 Å². The van der Waals surface area contributed by atoms with Gasteiger partial charge in [0.2, 0.25) is 0 Å². The monoisotopic (exact) mass is 272 g/mol. The zero-order chi connectivity index (χ0) is 13.7. The summed E-state index contributed by atoms with van der Waals surface area (Å²) in [5, 5.41) is 3.85. The number of ether oxygens (including phenoxy) is 1. The largest absolute Gasteiger partial charge is 0.451 e. The summed E-state index contributed by atoms with van der Waals surface area (Å²) in [6.45, 7) is 0.736. The summed E-state index contributed by atoms with van der Waals surface area (Å²) in [6.07, 6.45) is 1.06. The molecule has 2 heterocycles. The molecular formula is C15H16N2O3. The Morgan fingerprint density at radius 1 is 1.35 bits per heavy atom. The highest BCUT2D eigenvalue weighted by Crippen LogP contribution is 2.37. The molecule has 1 aromatic heterocycles. The van der Waals surface area contributed by atoms with Crippen molar-refractivity contribution in [2.75, 3.05) is 6.61 Å². The highest BCUT2D eigenvalue weighted by atomic mass is 16.5. The number of carbonyl (C=O) groups is 1. The lowest BCUT2D eigenvalue weighted by Gasteiger charge is -2.45. The normalized spacial score (nSPS) is 31.9. The van der Waals surface area contributed by atoms with Crippen molar-refractivity contribution in [3.8, 4) is 0 Å². The van der Waals surface area contributed by atoms with Crippen LogP contribution in [0.15, 0.2) is 34.7 Å². The number of nitrogens with two attached hydrogens (primary N) is 1. The molecule has 1 amide bonds. The third-order valence-electron chi connectivity index (χ3n) is 4.39. The Hall–Kier alpha value is -1.85. The minimum absolute atomic E-state index is 0.0178. The molecule has 1 aliphatic heterocycles. The van der Waals surface area contributed by atoms with Gasteiger partial charge in [0.25, 0.3) is 5.91 Å². The molecule has 5 heteroatoms. The third-order valence-corrected chi connectivity index (χ3v) is 4.39. The standard InChI is InChI=1S/C15H16N2O3/c16-12-9-5-6-19-14(9)13(12)17-15(18)11-7-8-3-1-2-4-10(8)20-11/h1-4,7,9,12-14H,5-6,16H2,(H,17,18). The van der Waals surface area contributed by atoms with Crippen LogP contribution < -0.4 is 11.1 Å². The first-order valence-electron chi connectivity index (χ1n) is 6.91. The van der Waals surface area contributed by atoms with Crippen LogP contribution in [0.1, 0.15) is 17.0 Å². The second-order valence-corrected chi connectivity index (χ2v) is 5.51. The van der Waals surface area contributed by atoms with E-state index in [0.29, 0.717) is 17.3 Å². The van der Waals surface area contributed by atoms with E-state index in [1.165, 1.54) is 0 Å². The number of hydrogen-bond acceptors (Lipinski definition) is 4. The number of carbonyl (C=O) groups excluding carboxylic acids is 1. The summed E-state index contributed by atoms with van der Waals surface area (Å²) in [5.74, 6) is 0.478. The lowest BCUT2D eigenvalue weighted by atomic mass is 9.72. The quantitative estimate of drug-likeness (QED) is 0.863. The molecular weight excluding hydrogens is 256 g/mol. The molecule has 2 aromatic rings. The average molecular weight is 272 g/mol. The lowest BCUT2D eigenvalue weighted by molar-refractivity contribution is -0.0164. The van der Waals surface area contributed by atoms with Crippen LogP contribution in [-0.4, -0.2) is 30.7 Å². The van der Waals surface area contributed by atoms with E-state index in [-0.39, 0.29) is 24.1 Å². The molecule has 1 aromatic carbocycles. The van der Waals surface area contributed by atoms with Crippen molar-refractivity contribution in [2.45, 2.75) is 24.6 Å². The Morgan fingerprint density at radius 3 is 3.05 bits per heavy atom. The van der Waals surface area contributed by atoms with Gasteiger partial charge in [0.05, 0.1) is 12.1 Å². The minimum Gasteiger partial charge on any atom is -0.451 e. The maximum absolute atomic E-state index is 12.2. The number of benzene rings is 1. The maximum Gasteiger partial charge on any atom is 0.287 e. The topological polar surface area (TPSA) is 77.5 Å². The van der Waals surface area contributed by atoms with Gasteiger partial charge in [0.15, 0.2) is 5.76 Å². The number of para-hydroxylation sites is 1. The molecule has 4 unspecified atom stereocenters. The van der Waals surface area contributed by atoms with E-state index in [2.05, 4.69) is 5.32 Å². The van der Waals surface area contributed by atoms with Crippen LogP contribution in [0.5, 0.6) is 0 Å². The number of fused-ring (bicyclic) bond motifs is 2. The van der Waals surface area contributed by atoms with Gasteiger partial charge in [0, 0.05) is 24.0 Å². The van der Waals surface area contributed by atoms with Gasteiger partial charge in [-0.25, -0.2) is 0 Å². The van der Waals surface area contributed by atoms with Crippen molar-refractivity contribution in [2.24, 2.45) is 11.7 Å². The molecule has 0 radical (unpaired) electrons. The highest BCUT2D eigenvalue weighted by Gasteiger charge is 2.52. The van der Waals surface area contributed by atoms with E-state index in [4.69, 9.17) is 14.9 Å². The van der Waals surface area contributed by atoms with Crippen LogP contribution >= 0.6 is 0 Å². The summed E-state index contributed by atoms with van der Waals surface area (Å²) in [4.78, 5) is 12.2. The molecule has 1 aliphatic carbocycles. The van der Waals surface area contributed by atoms with Gasteiger partial charge in [-0.15, -0.1) is 0 Å². The summed E-state index contributed by atoms with van der Waals surface area (Å²) in [7, 11) is 0. The third kappa shape index (κ3) is 1.67. The zero-order valence-corrected chi connectivity index (χ0v) is 10.9. The maximum atomic E-state index is 12.2. The molecule has 0 spiro atoms. The predicted octanol–water partition coefficient (Wildman–Crippen LogP) is 1.28. The molecule has 2 fully saturated rings. The van der Waals surface area contributed by atoms with Crippen molar-refractivity contribution in [1.82, 2.24) is 5.32 Å². The number of hydrogen-bond donors (Lipinski definition) is 2. The van der Waals surface area contributed by atoms with Gasteiger partial charge in [-0.1, -0.05) is 18.2 Å². The van der Waals surface area contributed by atoms with E-state index >= 15 is 0 Å². The number of amides is 1. The van der Waals surface area contributed by atoms with E-state index < -0.39 is 0 Å². The molecule has 2 aliphatic rings. The Labute approximate surface area is 116 Å². The van der Waals surface area contributed by atoms with Gasteiger partial charge in [-0.05, 0) is 18.6 Å². The van der Waals surface area contributed by atoms with Crippen molar-refractivity contribution in [3.05, 3.63) is 36.1 Å². The zero-order valence-electron chi connectivity index (χ0n) is 10.9. The second kappa shape index (κ2) is 4.33. The first-order chi connectivity index (χ1) is 9.74.